The van der Waals surface area contributed by atoms with Gasteiger partial charge < -0.3 is 15.4 Å². The van der Waals surface area contributed by atoms with Crippen molar-refractivity contribution in [3.05, 3.63) is 85.3 Å². The molecule has 2 aromatic heterocycles. The fourth-order valence-electron chi connectivity index (χ4n) is 2.87. The molecule has 0 saturated carbocycles. The van der Waals surface area contributed by atoms with Crippen LogP contribution in [-0.4, -0.2) is 29.7 Å². The maximum Gasteiger partial charge on any atom is 0.573 e. The predicted octanol–water partition coefficient (Wildman–Crippen LogP) is 5.06. The van der Waals surface area contributed by atoms with Gasteiger partial charge in [0.1, 0.15) is 29.5 Å². The molecule has 0 fully saturated rings. The van der Waals surface area contributed by atoms with Crippen molar-refractivity contribution in [2.24, 2.45) is 0 Å². The van der Waals surface area contributed by atoms with Crippen LogP contribution in [0.3, 0.4) is 0 Å². The number of aromatic nitrogens is 3. The highest BCUT2D eigenvalue weighted by molar-refractivity contribution is 7.92. The molecule has 0 aliphatic heterocycles. The third kappa shape index (κ3) is 6.80. The predicted molar refractivity (Wildman–Crippen MR) is 123 cm³/mol. The van der Waals surface area contributed by atoms with Crippen LogP contribution in [0, 0.1) is 0 Å². The molecule has 0 aliphatic carbocycles. The molecule has 0 bridgehead atoms. The van der Waals surface area contributed by atoms with Gasteiger partial charge in [0, 0.05) is 23.6 Å². The van der Waals surface area contributed by atoms with E-state index in [1.165, 1.54) is 18.5 Å². The van der Waals surface area contributed by atoms with Gasteiger partial charge in [-0.05, 0) is 60.7 Å². The Morgan fingerprint density at radius 3 is 2.03 bits per heavy atom. The summed E-state index contributed by atoms with van der Waals surface area (Å²) < 4.78 is 68.0. The summed E-state index contributed by atoms with van der Waals surface area (Å²) in [5.74, 6) is 1.12. The molecule has 0 unspecified atom stereocenters. The number of nitrogens with one attached hydrogen (secondary N) is 3. The number of hydrogen-bond acceptors (Lipinski definition) is 8. The van der Waals surface area contributed by atoms with E-state index in [1.54, 1.807) is 36.5 Å². The van der Waals surface area contributed by atoms with Gasteiger partial charge in [0.2, 0.25) is 0 Å². The van der Waals surface area contributed by atoms with Gasteiger partial charge in [-0.1, -0.05) is 6.07 Å². The molecule has 9 nitrogen and oxygen atoms in total. The Morgan fingerprint density at radius 1 is 0.743 bits per heavy atom. The van der Waals surface area contributed by atoms with Gasteiger partial charge in [0.25, 0.3) is 10.0 Å². The van der Waals surface area contributed by atoms with Crippen LogP contribution in [0.25, 0.3) is 0 Å². The average Bonchev–Trinajstić information content (AvgIpc) is 2.80. The van der Waals surface area contributed by atoms with Crippen LogP contribution in [-0.2, 0) is 10.0 Å². The van der Waals surface area contributed by atoms with E-state index >= 15 is 0 Å². The highest BCUT2D eigenvalue weighted by Gasteiger charge is 2.31. The largest absolute Gasteiger partial charge is 0.573 e. The Bertz CT molecular complexity index is 1380. The first-order chi connectivity index (χ1) is 16.7. The fraction of sp³-hybridized carbons (Fsp3) is 0.0455. The fourth-order valence-corrected chi connectivity index (χ4v) is 3.92. The summed E-state index contributed by atoms with van der Waals surface area (Å²) in [7, 11) is -4.02. The third-order valence-corrected chi connectivity index (χ3v) is 5.76. The van der Waals surface area contributed by atoms with Gasteiger partial charge in [-0.25, -0.2) is 23.4 Å². The zero-order valence-electron chi connectivity index (χ0n) is 17.7. The number of anilines is 5. The molecule has 0 atom stereocenters. The minimum absolute atomic E-state index is 0.219. The molecule has 0 aliphatic rings. The van der Waals surface area contributed by atoms with E-state index in [9.17, 15) is 21.6 Å². The Kier molecular flexibility index (Phi) is 6.68. The number of pyridine rings is 1. The van der Waals surface area contributed by atoms with Gasteiger partial charge in [0.15, 0.2) is 0 Å². The Hall–Kier alpha value is -4.39. The maximum atomic E-state index is 12.5. The van der Waals surface area contributed by atoms with E-state index in [0.29, 0.717) is 23.1 Å². The van der Waals surface area contributed by atoms with Crippen LogP contribution < -0.4 is 20.1 Å². The van der Waals surface area contributed by atoms with Crippen LogP contribution in [0.5, 0.6) is 5.75 Å². The van der Waals surface area contributed by atoms with Crippen LogP contribution >= 0.6 is 0 Å². The Labute approximate surface area is 198 Å². The van der Waals surface area contributed by atoms with E-state index in [2.05, 4.69) is 35.0 Å². The van der Waals surface area contributed by atoms with Crippen molar-refractivity contribution in [2.75, 3.05) is 15.4 Å². The molecule has 13 heteroatoms. The highest BCUT2D eigenvalue weighted by Crippen LogP contribution is 2.25. The van der Waals surface area contributed by atoms with Gasteiger partial charge in [0.05, 0.1) is 4.90 Å². The Morgan fingerprint density at radius 2 is 1.40 bits per heavy atom. The molecule has 4 aromatic rings. The topological polar surface area (TPSA) is 118 Å². The molecular formula is C22H17F3N6O3S. The van der Waals surface area contributed by atoms with Crippen molar-refractivity contribution in [1.82, 2.24) is 15.0 Å². The number of benzene rings is 2. The van der Waals surface area contributed by atoms with Gasteiger partial charge in [-0.3, -0.25) is 4.72 Å². The number of rotatable bonds is 8. The van der Waals surface area contributed by atoms with Crippen molar-refractivity contribution in [2.45, 2.75) is 11.3 Å². The van der Waals surface area contributed by atoms with Gasteiger partial charge in [-0.15, -0.1) is 13.2 Å². The van der Waals surface area contributed by atoms with Crippen LogP contribution in [0.15, 0.2) is 90.2 Å². The summed E-state index contributed by atoms with van der Waals surface area (Å²) in [5.41, 5.74) is 0.885. The molecule has 2 aromatic carbocycles. The smallest absolute Gasteiger partial charge is 0.406 e. The zero-order chi connectivity index (χ0) is 24.9. The summed E-state index contributed by atoms with van der Waals surface area (Å²) in [5, 5.41) is 6.13. The van der Waals surface area contributed by atoms with Crippen LogP contribution in [0.1, 0.15) is 0 Å². The molecule has 2 heterocycles. The third-order valence-electron chi connectivity index (χ3n) is 4.37. The number of nitrogens with zero attached hydrogens (tertiary/aromatic N) is 3. The Balaban J connectivity index is 1.39. The van der Waals surface area contributed by atoms with Crippen LogP contribution in [0.2, 0.25) is 0 Å². The maximum absolute atomic E-state index is 12.5. The summed E-state index contributed by atoms with van der Waals surface area (Å²) in [6, 6.07) is 17.3. The summed E-state index contributed by atoms with van der Waals surface area (Å²) in [4.78, 5) is 12.2. The molecule has 180 valence electrons. The summed E-state index contributed by atoms with van der Waals surface area (Å²) >= 11 is 0. The summed E-state index contributed by atoms with van der Waals surface area (Å²) in [6.45, 7) is 0. The molecule has 3 N–H and O–H groups in total. The van der Waals surface area contributed by atoms with E-state index in [1.807, 2.05) is 6.07 Å². The minimum atomic E-state index is -4.86. The quantitative estimate of drug-likeness (QED) is 0.306. The van der Waals surface area contributed by atoms with E-state index < -0.39 is 22.1 Å². The SMILES string of the molecule is O=S(=O)(Nc1ccc(Nc2cc(Nc3ccccn3)ncn2)cc1)c1ccc(OC(F)(F)F)cc1. The molecule has 0 radical (unpaired) electrons. The zero-order valence-corrected chi connectivity index (χ0v) is 18.5. The highest BCUT2D eigenvalue weighted by atomic mass is 32.2. The molecule has 35 heavy (non-hydrogen) atoms. The number of ether oxygens (including phenoxy) is 1. The second kappa shape index (κ2) is 9.85. The molecule has 4 rings (SSSR count). The lowest BCUT2D eigenvalue weighted by Crippen LogP contribution is -2.17. The van der Waals surface area contributed by atoms with E-state index in [0.717, 1.165) is 24.3 Å². The van der Waals surface area contributed by atoms with E-state index in [-0.39, 0.29) is 10.6 Å². The van der Waals surface area contributed by atoms with Crippen molar-refractivity contribution >= 4 is 38.9 Å². The first kappa shape index (κ1) is 23.8. The monoisotopic (exact) mass is 502 g/mol. The number of halogens is 3. The molecule has 0 amide bonds. The molecule has 0 spiro atoms. The first-order valence-corrected chi connectivity index (χ1v) is 11.4. The standard InChI is InChI=1S/C22H17F3N6O3S/c23-22(24,25)34-17-8-10-18(11-9-17)35(32,33)31-16-6-4-15(5-7-16)29-20-13-21(28-14-27-20)30-19-3-1-2-12-26-19/h1-14,31H,(H2,26,27,28,29,30). The second-order valence-electron chi connectivity index (χ2n) is 6.96. The average molecular weight is 502 g/mol. The molecular weight excluding hydrogens is 485 g/mol. The lowest BCUT2D eigenvalue weighted by Gasteiger charge is -2.12. The van der Waals surface area contributed by atoms with Crippen LogP contribution in [0.4, 0.5) is 42.0 Å². The van der Waals surface area contributed by atoms with E-state index in [4.69, 9.17) is 0 Å². The first-order valence-electron chi connectivity index (χ1n) is 9.92. The van der Waals surface area contributed by atoms with Crippen molar-refractivity contribution in [1.29, 1.82) is 0 Å². The summed E-state index contributed by atoms with van der Waals surface area (Å²) in [6.07, 6.45) is -1.84. The van der Waals surface area contributed by atoms with Gasteiger partial charge >= 0.3 is 6.36 Å². The second-order valence-corrected chi connectivity index (χ2v) is 8.64. The normalized spacial score (nSPS) is 11.5. The van der Waals surface area contributed by atoms with Crippen molar-refractivity contribution < 1.29 is 26.3 Å². The lowest BCUT2D eigenvalue weighted by molar-refractivity contribution is -0.274. The van der Waals surface area contributed by atoms with Crippen molar-refractivity contribution in [3.63, 3.8) is 0 Å². The number of hydrogen-bond donors (Lipinski definition) is 3. The number of alkyl halides is 3. The van der Waals surface area contributed by atoms with Gasteiger partial charge in [-0.2, -0.15) is 0 Å². The number of sulfonamides is 1. The van der Waals surface area contributed by atoms with Crippen molar-refractivity contribution in [3.8, 4) is 5.75 Å². The lowest BCUT2D eigenvalue weighted by atomic mass is 10.3. The minimum Gasteiger partial charge on any atom is -0.406 e. The molecule has 0 saturated heterocycles.